The fourth-order valence-electron chi connectivity index (χ4n) is 2.25. The fourth-order valence-corrected chi connectivity index (χ4v) is 2.25. The number of carbonyl (C=O) groups is 1. The monoisotopic (exact) mass is 284 g/mol. The number of methoxy groups -OCH3 is 2. The molecule has 0 N–H and O–H groups in total. The number of fused-ring (bicyclic) bond motifs is 2. The van der Waals surface area contributed by atoms with Gasteiger partial charge in [0.25, 0.3) is 0 Å². The molecule has 0 saturated heterocycles. The largest absolute Gasteiger partial charge is 0.493 e. The predicted molar refractivity (Wildman–Crippen MR) is 77.9 cm³/mol. The molecule has 21 heavy (non-hydrogen) atoms. The van der Waals surface area contributed by atoms with Crippen LogP contribution in [-0.2, 0) is 4.74 Å². The fraction of sp³-hybridized carbons (Fsp3) is 0.125. The second kappa shape index (κ2) is 4.94. The van der Waals surface area contributed by atoms with E-state index in [1.165, 1.54) is 26.4 Å². The number of carbonyl (C=O) groups excluding carboxylic acids is 1. The minimum absolute atomic E-state index is 0.165. The van der Waals surface area contributed by atoms with Gasteiger partial charge in [0, 0.05) is 0 Å². The summed E-state index contributed by atoms with van der Waals surface area (Å²) >= 11 is 0. The topological polar surface area (TPSA) is 65.7 Å². The molecule has 0 unspecified atom stereocenters. The number of esters is 1. The standard InChI is InChI=1S/C16H12O5/c1-19-12-5-3-4-11-14(17)10-7-6-9(16(18)20-2)8-13(10)21-15(11)12/h3-8H,1-2H3. The van der Waals surface area contributed by atoms with Gasteiger partial charge in [-0.25, -0.2) is 4.79 Å². The van der Waals surface area contributed by atoms with E-state index in [4.69, 9.17) is 9.15 Å². The predicted octanol–water partition coefficient (Wildman–Crippen LogP) is 2.74. The lowest BCUT2D eigenvalue weighted by Crippen LogP contribution is -2.05. The van der Waals surface area contributed by atoms with Gasteiger partial charge >= 0.3 is 5.97 Å². The Labute approximate surface area is 119 Å². The van der Waals surface area contributed by atoms with Gasteiger partial charge in [0.1, 0.15) is 5.58 Å². The van der Waals surface area contributed by atoms with Gasteiger partial charge in [0.05, 0.1) is 30.6 Å². The molecule has 0 fully saturated rings. The summed E-state index contributed by atoms with van der Waals surface area (Å²) in [5.41, 5.74) is 0.836. The van der Waals surface area contributed by atoms with Crippen molar-refractivity contribution < 1.29 is 18.7 Å². The molecule has 0 saturated carbocycles. The van der Waals surface area contributed by atoms with Crippen molar-refractivity contribution in [3.8, 4) is 5.75 Å². The molecular formula is C16H12O5. The van der Waals surface area contributed by atoms with Crippen molar-refractivity contribution in [2.45, 2.75) is 0 Å². The van der Waals surface area contributed by atoms with Gasteiger partial charge in [-0.2, -0.15) is 0 Å². The zero-order valence-corrected chi connectivity index (χ0v) is 11.5. The Balaban J connectivity index is 2.40. The maximum absolute atomic E-state index is 12.5. The highest BCUT2D eigenvalue weighted by atomic mass is 16.5. The third kappa shape index (κ3) is 2.03. The van der Waals surface area contributed by atoms with E-state index >= 15 is 0 Å². The van der Waals surface area contributed by atoms with Crippen molar-refractivity contribution in [3.63, 3.8) is 0 Å². The van der Waals surface area contributed by atoms with Gasteiger partial charge in [-0.15, -0.1) is 0 Å². The van der Waals surface area contributed by atoms with E-state index in [0.29, 0.717) is 33.3 Å². The average molecular weight is 284 g/mol. The number of benzene rings is 2. The molecule has 0 aliphatic rings. The second-order valence-corrected chi connectivity index (χ2v) is 4.47. The minimum Gasteiger partial charge on any atom is -0.493 e. The van der Waals surface area contributed by atoms with Gasteiger partial charge in [0.15, 0.2) is 11.3 Å². The molecule has 3 rings (SSSR count). The zero-order valence-electron chi connectivity index (χ0n) is 11.5. The van der Waals surface area contributed by atoms with E-state index in [1.807, 2.05) is 0 Å². The van der Waals surface area contributed by atoms with E-state index in [9.17, 15) is 9.59 Å². The average Bonchev–Trinajstić information content (AvgIpc) is 2.53. The number of ether oxygens (including phenoxy) is 2. The van der Waals surface area contributed by atoms with Crippen molar-refractivity contribution in [1.82, 2.24) is 0 Å². The minimum atomic E-state index is -0.486. The lowest BCUT2D eigenvalue weighted by atomic mass is 10.1. The van der Waals surface area contributed by atoms with Crippen LogP contribution in [0.1, 0.15) is 10.4 Å². The third-order valence-electron chi connectivity index (χ3n) is 3.30. The van der Waals surface area contributed by atoms with Gasteiger partial charge < -0.3 is 13.9 Å². The Morgan fingerprint density at radius 2 is 1.90 bits per heavy atom. The number of hydrogen-bond donors (Lipinski definition) is 0. The van der Waals surface area contributed by atoms with Crippen LogP contribution in [0.5, 0.6) is 5.75 Å². The first-order valence-corrected chi connectivity index (χ1v) is 6.27. The van der Waals surface area contributed by atoms with E-state index in [2.05, 4.69) is 4.74 Å². The Morgan fingerprint density at radius 3 is 2.62 bits per heavy atom. The van der Waals surface area contributed by atoms with Crippen LogP contribution in [0.15, 0.2) is 45.6 Å². The molecule has 5 nitrogen and oxygen atoms in total. The molecule has 3 aromatic rings. The van der Waals surface area contributed by atoms with Crippen molar-refractivity contribution in [2.75, 3.05) is 14.2 Å². The highest BCUT2D eigenvalue weighted by molar-refractivity contribution is 5.97. The number of rotatable bonds is 2. The molecule has 0 radical (unpaired) electrons. The van der Waals surface area contributed by atoms with E-state index < -0.39 is 5.97 Å². The molecule has 1 aromatic heterocycles. The summed E-state index contributed by atoms with van der Waals surface area (Å²) in [4.78, 5) is 24.0. The zero-order chi connectivity index (χ0) is 15.0. The normalized spacial score (nSPS) is 10.8. The van der Waals surface area contributed by atoms with Crippen LogP contribution in [-0.4, -0.2) is 20.2 Å². The second-order valence-electron chi connectivity index (χ2n) is 4.47. The Kier molecular flexibility index (Phi) is 3.10. The maximum Gasteiger partial charge on any atom is 0.337 e. The van der Waals surface area contributed by atoms with Crippen LogP contribution in [0.25, 0.3) is 21.9 Å². The summed E-state index contributed by atoms with van der Waals surface area (Å²) in [7, 11) is 2.80. The molecule has 0 bridgehead atoms. The summed E-state index contributed by atoms with van der Waals surface area (Å²) < 4.78 is 15.6. The quantitative estimate of drug-likeness (QED) is 0.534. The van der Waals surface area contributed by atoms with Gasteiger partial charge in [-0.05, 0) is 30.3 Å². The third-order valence-corrected chi connectivity index (χ3v) is 3.30. The van der Waals surface area contributed by atoms with E-state index in [1.54, 1.807) is 24.3 Å². The molecule has 5 heteroatoms. The number of para-hydroxylation sites is 1. The summed E-state index contributed by atoms with van der Waals surface area (Å²) in [6.07, 6.45) is 0. The molecule has 0 aliphatic heterocycles. The molecule has 0 aliphatic carbocycles. The lowest BCUT2D eigenvalue weighted by molar-refractivity contribution is 0.0601. The van der Waals surface area contributed by atoms with Crippen molar-refractivity contribution in [3.05, 3.63) is 52.2 Å². The van der Waals surface area contributed by atoms with Crippen molar-refractivity contribution >= 4 is 27.9 Å². The summed E-state index contributed by atoms with van der Waals surface area (Å²) in [6, 6.07) is 9.71. The first-order valence-electron chi connectivity index (χ1n) is 6.27. The highest BCUT2D eigenvalue weighted by Gasteiger charge is 2.13. The Morgan fingerprint density at radius 1 is 1.10 bits per heavy atom. The smallest absolute Gasteiger partial charge is 0.337 e. The SMILES string of the molecule is COC(=O)c1ccc2c(=O)c3cccc(OC)c3oc2c1. The molecule has 0 amide bonds. The van der Waals surface area contributed by atoms with Crippen LogP contribution in [0, 0.1) is 0 Å². The van der Waals surface area contributed by atoms with Gasteiger partial charge in [-0.1, -0.05) is 6.07 Å². The van der Waals surface area contributed by atoms with Gasteiger partial charge in [0.2, 0.25) is 5.43 Å². The van der Waals surface area contributed by atoms with E-state index in [-0.39, 0.29) is 5.43 Å². The highest BCUT2D eigenvalue weighted by Crippen LogP contribution is 2.27. The first-order chi connectivity index (χ1) is 10.2. The number of hydrogen-bond acceptors (Lipinski definition) is 5. The first kappa shape index (κ1) is 13.2. The molecule has 106 valence electrons. The van der Waals surface area contributed by atoms with Crippen LogP contribution >= 0.6 is 0 Å². The summed E-state index contributed by atoms with van der Waals surface area (Å²) in [6.45, 7) is 0. The lowest BCUT2D eigenvalue weighted by Gasteiger charge is -2.06. The van der Waals surface area contributed by atoms with Crippen LogP contribution in [0.4, 0.5) is 0 Å². The van der Waals surface area contributed by atoms with Crippen LogP contribution in [0.2, 0.25) is 0 Å². The summed E-state index contributed by atoms with van der Waals surface area (Å²) in [5, 5.41) is 0.844. The molecule has 1 heterocycles. The Hall–Kier alpha value is -2.82. The maximum atomic E-state index is 12.5. The van der Waals surface area contributed by atoms with Crippen LogP contribution in [0.3, 0.4) is 0 Å². The van der Waals surface area contributed by atoms with Crippen LogP contribution < -0.4 is 10.2 Å². The summed E-state index contributed by atoms with van der Waals surface area (Å²) in [5.74, 6) is -0.0188. The Bertz CT molecular complexity index is 908. The van der Waals surface area contributed by atoms with Crippen molar-refractivity contribution in [1.29, 1.82) is 0 Å². The molecule has 0 atom stereocenters. The molecular weight excluding hydrogens is 272 g/mol. The van der Waals surface area contributed by atoms with Gasteiger partial charge in [-0.3, -0.25) is 4.79 Å². The molecule has 0 spiro atoms. The molecule has 2 aromatic carbocycles. The van der Waals surface area contributed by atoms with E-state index in [0.717, 1.165) is 0 Å². The van der Waals surface area contributed by atoms with Crippen molar-refractivity contribution in [2.24, 2.45) is 0 Å².